The van der Waals surface area contributed by atoms with E-state index in [4.69, 9.17) is 10.8 Å². The molecule has 1 aromatic carbocycles. The zero-order chi connectivity index (χ0) is 29.3. The summed E-state index contributed by atoms with van der Waals surface area (Å²) in [4.78, 5) is 64.7. The summed E-state index contributed by atoms with van der Waals surface area (Å²) in [6.07, 6.45) is 0.275. The number of fused-ring (bicyclic) bond motifs is 1. The molecule has 0 bridgehead atoms. The number of carboxylic acid groups (broad SMARTS) is 2. The minimum Gasteiger partial charge on any atom is -0.481 e. The minimum absolute atomic E-state index is 0.0208. The maximum atomic E-state index is 13.4. The number of carbonyl (C=O) groups excluding carboxylic acids is 3. The Morgan fingerprint density at radius 1 is 0.949 bits per heavy atom. The van der Waals surface area contributed by atoms with Crippen LogP contribution >= 0.6 is 0 Å². The van der Waals surface area contributed by atoms with E-state index in [9.17, 15) is 34.2 Å². The number of carboxylic acids is 2. The zero-order valence-corrected chi connectivity index (χ0v) is 22.1. The fourth-order valence-electron chi connectivity index (χ4n) is 4.01. The Morgan fingerprint density at radius 2 is 1.59 bits per heavy atom. The van der Waals surface area contributed by atoms with Crippen LogP contribution in [0.4, 0.5) is 0 Å². The minimum atomic E-state index is -1.61. The molecule has 1 heterocycles. The Kier molecular flexibility index (Phi) is 11.4. The highest BCUT2D eigenvalue weighted by atomic mass is 16.4. The van der Waals surface area contributed by atoms with Gasteiger partial charge in [0.05, 0.1) is 12.1 Å². The Morgan fingerprint density at radius 3 is 2.18 bits per heavy atom. The van der Waals surface area contributed by atoms with Gasteiger partial charge in [0.15, 0.2) is 6.04 Å². The Balaban J connectivity index is 2.32. The highest BCUT2D eigenvalue weighted by molar-refractivity contribution is 5.95. The summed E-state index contributed by atoms with van der Waals surface area (Å²) in [5.41, 5.74) is 7.28. The molecule has 0 saturated carbocycles. The normalized spacial score (nSPS) is 15.8. The Labute approximate surface area is 225 Å². The number of rotatable bonds is 15. The Bertz CT molecular complexity index is 1180. The molecule has 0 aliphatic heterocycles. The first kappa shape index (κ1) is 31.2. The van der Waals surface area contributed by atoms with Crippen molar-refractivity contribution in [2.75, 3.05) is 0 Å². The summed E-state index contributed by atoms with van der Waals surface area (Å²) >= 11 is 0. The van der Waals surface area contributed by atoms with Crippen LogP contribution in [0.5, 0.6) is 0 Å². The monoisotopic (exact) mass is 547 g/mol. The van der Waals surface area contributed by atoms with Crippen molar-refractivity contribution in [3.8, 4) is 0 Å². The standard InChI is InChI=1S/C26H37N5O8/c1-4-13(2)21(30-23(35)17(27)9-10-20(33)34)25(37)29-19(24(36)31-22(14(3)32)26(38)39)11-15-12-28-18-8-6-5-7-16(15)18/h5-8,12-14,17,19,21-22,28,32H,4,9-11,27H2,1-3H3,(H,29,37)(H,30,35)(H,31,36)(H,33,34)(H,38,39). The predicted octanol–water partition coefficient (Wildman–Crippen LogP) is -0.132. The number of hydrogen-bond acceptors (Lipinski definition) is 7. The third kappa shape index (κ3) is 8.79. The van der Waals surface area contributed by atoms with Crippen molar-refractivity contribution in [2.45, 2.75) is 76.7 Å². The van der Waals surface area contributed by atoms with Gasteiger partial charge >= 0.3 is 11.9 Å². The summed E-state index contributed by atoms with van der Waals surface area (Å²) in [6, 6.07) is 2.16. The predicted molar refractivity (Wildman–Crippen MR) is 141 cm³/mol. The van der Waals surface area contributed by atoms with Crippen LogP contribution < -0.4 is 21.7 Å². The molecule has 0 saturated heterocycles. The first-order chi connectivity index (χ1) is 18.3. The summed E-state index contributed by atoms with van der Waals surface area (Å²) in [5.74, 6) is -5.20. The summed E-state index contributed by atoms with van der Waals surface area (Å²) in [6.45, 7) is 4.74. The highest BCUT2D eigenvalue weighted by Gasteiger charge is 2.34. The molecule has 2 aromatic rings. The van der Waals surface area contributed by atoms with Crippen molar-refractivity contribution >= 4 is 40.6 Å². The molecule has 3 amide bonds. The van der Waals surface area contributed by atoms with Gasteiger partial charge in [-0.2, -0.15) is 0 Å². The van der Waals surface area contributed by atoms with Crippen LogP contribution in [0.1, 0.15) is 45.6 Å². The molecule has 9 N–H and O–H groups in total. The first-order valence-corrected chi connectivity index (χ1v) is 12.7. The van der Waals surface area contributed by atoms with E-state index in [1.165, 1.54) is 6.92 Å². The second-order valence-electron chi connectivity index (χ2n) is 9.60. The van der Waals surface area contributed by atoms with Gasteiger partial charge in [-0.05, 0) is 30.9 Å². The molecule has 0 aliphatic rings. The molecule has 0 aliphatic carbocycles. The third-order valence-electron chi connectivity index (χ3n) is 6.58. The number of nitrogens with one attached hydrogen (secondary N) is 4. The fourth-order valence-corrected chi connectivity index (χ4v) is 4.01. The average molecular weight is 548 g/mol. The average Bonchev–Trinajstić information content (AvgIpc) is 3.29. The number of hydrogen-bond donors (Lipinski definition) is 8. The number of aliphatic carboxylic acids is 2. The van der Waals surface area contributed by atoms with E-state index in [-0.39, 0.29) is 25.2 Å². The van der Waals surface area contributed by atoms with Crippen LogP contribution in [0.3, 0.4) is 0 Å². The molecule has 1 aromatic heterocycles. The van der Waals surface area contributed by atoms with E-state index >= 15 is 0 Å². The van der Waals surface area contributed by atoms with Gasteiger partial charge in [-0.15, -0.1) is 0 Å². The van der Waals surface area contributed by atoms with E-state index in [2.05, 4.69) is 20.9 Å². The van der Waals surface area contributed by atoms with Gasteiger partial charge in [0.1, 0.15) is 12.1 Å². The van der Waals surface area contributed by atoms with Crippen molar-refractivity contribution in [3.05, 3.63) is 36.0 Å². The van der Waals surface area contributed by atoms with E-state index in [0.717, 1.165) is 10.9 Å². The molecule has 214 valence electrons. The quantitative estimate of drug-likeness (QED) is 0.148. The lowest BCUT2D eigenvalue weighted by atomic mass is 9.96. The summed E-state index contributed by atoms with van der Waals surface area (Å²) in [5, 5.41) is 36.3. The number of aliphatic hydroxyl groups is 1. The molecular weight excluding hydrogens is 510 g/mol. The van der Waals surface area contributed by atoms with Gasteiger partial charge < -0.3 is 42.0 Å². The number of para-hydroxylation sites is 1. The number of H-pyrrole nitrogens is 1. The fraction of sp³-hybridized carbons (Fsp3) is 0.500. The van der Waals surface area contributed by atoms with Gasteiger partial charge in [0, 0.05) is 29.9 Å². The second-order valence-corrected chi connectivity index (χ2v) is 9.60. The lowest BCUT2D eigenvalue weighted by Crippen LogP contribution is -2.60. The molecule has 0 fully saturated rings. The number of benzene rings is 1. The van der Waals surface area contributed by atoms with Crippen LogP contribution in [0.15, 0.2) is 30.5 Å². The highest BCUT2D eigenvalue weighted by Crippen LogP contribution is 2.20. The van der Waals surface area contributed by atoms with E-state index in [0.29, 0.717) is 12.0 Å². The van der Waals surface area contributed by atoms with Crippen molar-refractivity contribution in [3.63, 3.8) is 0 Å². The number of carbonyl (C=O) groups is 5. The number of amides is 3. The summed E-state index contributed by atoms with van der Waals surface area (Å²) < 4.78 is 0. The van der Waals surface area contributed by atoms with Crippen LogP contribution in [-0.4, -0.2) is 80.2 Å². The lowest BCUT2D eigenvalue weighted by molar-refractivity contribution is -0.145. The molecule has 0 spiro atoms. The molecule has 2 rings (SSSR count). The first-order valence-electron chi connectivity index (χ1n) is 12.7. The van der Waals surface area contributed by atoms with E-state index < -0.39 is 59.9 Å². The van der Waals surface area contributed by atoms with Gasteiger partial charge in [0.2, 0.25) is 17.7 Å². The number of aliphatic hydroxyl groups excluding tert-OH is 1. The number of aromatic nitrogens is 1. The molecule has 39 heavy (non-hydrogen) atoms. The van der Waals surface area contributed by atoms with E-state index in [1.54, 1.807) is 20.0 Å². The topological polar surface area (TPSA) is 224 Å². The maximum absolute atomic E-state index is 13.4. The SMILES string of the molecule is CCC(C)C(NC(=O)C(N)CCC(=O)O)C(=O)NC(Cc1c[nH]c2ccccc12)C(=O)NC(C(=O)O)C(C)O. The van der Waals surface area contributed by atoms with Crippen molar-refractivity contribution in [2.24, 2.45) is 11.7 Å². The van der Waals surface area contributed by atoms with Crippen LogP contribution in [0.2, 0.25) is 0 Å². The third-order valence-corrected chi connectivity index (χ3v) is 6.58. The van der Waals surface area contributed by atoms with Crippen molar-refractivity contribution < 1.29 is 39.3 Å². The number of nitrogens with two attached hydrogens (primary N) is 1. The van der Waals surface area contributed by atoms with E-state index in [1.807, 2.05) is 24.3 Å². The molecule has 13 heteroatoms. The molecular formula is C26H37N5O8. The molecule has 0 radical (unpaired) electrons. The Hall–Kier alpha value is -3.97. The van der Waals surface area contributed by atoms with Gasteiger partial charge in [-0.25, -0.2) is 4.79 Å². The molecule has 13 nitrogen and oxygen atoms in total. The maximum Gasteiger partial charge on any atom is 0.328 e. The van der Waals surface area contributed by atoms with Crippen LogP contribution in [0, 0.1) is 5.92 Å². The molecule has 6 atom stereocenters. The van der Waals surface area contributed by atoms with Crippen molar-refractivity contribution in [1.29, 1.82) is 0 Å². The van der Waals surface area contributed by atoms with Crippen LogP contribution in [-0.2, 0) is 30.4 Å². The van der Waals surface area contributed by atoms with Gasteiger partial charge in [0.25, 0.3) is 0 Å². The second kappa shape index (κ2) is 14.3. The lowest BCUT2D eigenvalue weighted by Gasteiger charge is -2.28. The zero-order valence-electron chi connectivity index (χ0n) is 22.1. The smallest absolute Gasteiger partial charge is 0.328 e. The largest absolute Gasteiger partial charge is 0.481 e. The van der Waals surface area contributed by atoms with Gasteiger partial charge in [-0.3, -0.25) is 19.2 Å². The van der Waals surface area contributed by atoms with Crippen LogP contribution in [0.25, 0.3) is 10.9 Å². The number of aromatic amines is 1. The van der Waals surface area contributed by atoms with Gasteiger partial charge in [-0.1, -0.05) is 38.5 Å². The molecule has 6 unspecified atom stereocenters. The summed E-state index contributed by atoms with van der Waals surface area (Å²) in [7, 11) is 0. The van der Waals surface area contributed by atoms with Crippen molar-refractivity contribution in [1.82, 2.24) is 20.9 Å².